The number of piperazine rings is 1. The number of sulfonamides is 1. The molecule has 0 aliphatic carbocycles. The second-order valence-corrected chi connectivity index (χ2v) is 9.08. The minimum atomic E-state index is -3.86. The zero-order valence-corrected chi connectivity index (χ0v) is 17.6. The van der Waals surface area contributed by atoms with Crippen LogP contribution in [0.25, 0.3) is 0 Å². The number of rotatable bonds is 6. The van der Waals surface area contributed by atoms with Crippen LogP contribution in [0.15, 0.2) is 53.4 Å². The molecule has 30 heavy (non-hydrogen) atoms. The molecule has 1 aliphatic rings. The van der Waals surface area contributed by atoms with Crippen LogP contribution in [0, 0.1) is 17.0 Å². The van der Waals surface area contributed by atoms with Gasteiger partial charge in [-0.15, -0.1) is 0 Å². The molecule has 1 aliphatic heterocycles. The molecule has 0 aromatic heterocycles. The minimum Gasteiger partial charge on any atom is -0.325 e. The van der Waals surface area contributed by atoms with Gasteiger partial charge in [0.25, 0.3) is 5.69 Å². The summed E-state index contributed by atoms with van der Waals surface area (Å²) in [5, 5.41) is 13.9. The lowest BCUT2D eigenvalue weighted by molar-refractivity contribution is -0.385. The first kappa shape index (κ1) is 21.9. The van der Waals surface area contributed by atoms with Crippen molar-refractivity contribution in [2.45, 2.75) is 24.8 Å². The lowest BCUT2D eigenvalue weighted by Gasteiger charge is -2.36. The molecule has 1 saturated heterocycles. The third kappa shape index (κ3) is 4.66. The molecule has 1 atom stereocenters. The fourth-order valence-electron chi connectivity index (χ4n) is 3.38. The quantitative estimate of drug-likeness (QED) is 0.553. The maximum atomic E-state index is 13.0. The highest BCUT2D eigenvalue weighted by atomic mass is 32.2. The van der Waals surface area contributed by atoms with Crippen LogP contribution in [0.3, 0.4) is 0 Å². The van der Waals surface area contributed by atoms with Crippen molar-refractivity contribution in [1.82, 2.24) is 9.21 Å². The highest BCUT2D eigenvalue weighted by molar-refractivity contribution is 7.89. The van der Waals surface area contributed by atoms with Gasteiger partial charge in [0, 0.05) is 44.0 Å². The van der Waals surface area contributed by atoms with Crippen molar-refractivity contribution in [3.8, 4) is 0 Å². The van der Waals surface area contributed by atoms with Crippen molar-refractivity contribution in [3.63, 3.8) is 0 Å². The van der Waals surface area contributed by atoms with Crippen LogP contribution in [-0.4, -0.2) is 60.7 Å². The number of hydrogen-bond donors (Lipinski definition) is 1. The summed E-state index contributed by atoms with van der Waals surface area (Å²) in [6.07, 6.45) is 0. The molecule has 160 valence electrons. The number of carbonyl (C=O) groups excluding carboxylic acids is 1. The summed E-state index contributed by atoms with van der Waals surface area (Å²) in [7, 11) is -3.86. The Hall–Kier alpha value is -2.82. The maximum Gasteiger partial charge on any atom is 0.270 e. The van der Waals surface area contributed by atoms with Crippen molar-refractivity contribution in [1.29, 1.82) is 0 Å². The molecular formula is C20H24N4O5S. The molecule has 0 spiro atoms. The highest BCUT2D eigenvalue weighted by Crippen LogP contribution is 2.26. The standard InChI is InChI=1S/C20H24N4O5S/c1-15-8-9-18(24(26)27)14-19(15)30(28,29)23-12-10-22(11-13-23)16(2)20(25)21-17-6-4-3-5-7-17/h3-9,14,16H,10-13H2,1-2H3,(H,21,25). The van der Waals surface area contributed by atoms with E-state index in [0.717, 1.165) is 6.07 Å². The van der Waals surface area contributed by atoms with Gasteiger partial charge in [-0.1, -0.05) is 24.3 Å². The van der Waals surface area contributed by atoms with Gasteiger partial charge in [-0.25, -0.2) is 8.42 Å². The van der Waals surface area contributed by atoms with Gasteiger partial charge in [0.15, 0.2) is 0 Å². The van der Waals surface area contributed by atoms with Gasteiger partial charge < -0.3 is 5.32 Å². The molecule has 0 radical (unpaired) electrons. The molecule has 1 fully saturated rings. The molecule has 1 N–H and O–H groups in total. The Kier molecular flexibility index (Phi) is 6.49. The van der Waals surface area contributed by atoms with Crippen LogP contribution >= 0.6 is 0 Å². The van der Waals surface area contributed by atoms with Crippen molar-refractivity contribution in [2.75, 3.05) is 31.5 Å². The number of amides is 1. The Morgan fingerprint density at radius 1 is 1.10 bits per heavy atom. The Labute approximate surface area is 175 Å². The number of nitrogens with zero attached hydrogens (tertiary/aromatic N) is 3. The number of benzene rings is 2. The summed E-state index contributed by atoms with van der Waals surface area (Å²) < 4.78 is 27.4. The number of hydrogen-bond acceptors (Lipinski definition) is 6. The first-order valence-corrected chi connectivity index (χ1v) is 11.0. The Balaban J connectivity index is 1.67. The van der Waals surface area contributed by atoms with Crippen LogP contribution < -0.4 is 5.32 Å². The first-order chi connectivity index (χ1) is 14.2. The largest absolute Gasteiger partial charge is 0.325 e. The van der Waals surface area contributed by atoms with E-state index in [1.165, 1.54) is 16.4 Å². The van der Waals surface area contributed by atoms with Crippen LogP contribution in [0.5, 0.6) is 0 Å². The van der Waals surface area contributed by atoms with Crippen molar-refractivity contribution in [2.24, 2.45) is 0 Å². The average molecular weight is 433 g/mol. The summed E-state index contributed by atoms with van der Waals surface area (Å²) in [4.78, 5) is 24.8. The van der Waals surface area contributed by atoms with Crippen LogP contribution in [0.4, 0.5) is 11.4 Å². The van der Waals surface area contributed by atoms with Crippen molar-refractivity contribution in [3.05, 3.63) is 64.2 Å². The van der Waals surface area contributed by atoms with Gasteiger partial charge in [-0.05, 0) is 31.5 Å². The van der Waals surface area contributed by atoms with Crippen LogP contribution in [0.2, 0.25) is 0 Å². The fourth-order valence-corrected chi connectivity index (χ4v) is 5.05. The molecular weight excluding hydrogens is 408 g/mol. The van der Waals surface area contributed by atoms with E-state index in [1.54, 1.807) is 26.0 Å². The SMILES string of the molecule is Cc1ccc([N+](=O)[O-])cc1S(=O)(=O)N1CCN(C(C)C(=O)Nc2ccccc2)CC1. The lowest BCUT2D eigenvalue weighted by atomic mass is 10.2. The zero-order chi connectivity index (χ0) is 21.9. The van der Waals surface area contributed by atoms with Crippen molar-refractivity contribution >= 4 is 27.3 Å². The summed E-state index contributed by atoms with van der Waals surface area (Å²) in [5.74, 6) is -0.160. The summed E-state index contributed by atoms with van der Waals surface area (Å²) in [6, 6.07) is 12.5. The minimum absolute atomic E-state index is 0.0555. The average Bonchev–Trinajstić information content (AvgIpc) is 2.74. The van der Waals surface area contributed by atoms with E-state index in [-0.39, 0.29) is 29.6 Å². The monoisotopic (exact) mass is 432 g/mol. The number of carbonyl (C=O) groups is 1. The van der Waals surface area contributed by atoms with Gasteiger partial charge >= 0.3 is 0 Å². The predicted molar refractivity (Wildman–Crippen MR) is 113 cm³/mol. The Bertz CT molecular complexity index is 1030. The summed E-state index contributed by atoms with van der Waals surface area (Å²) in [5.41, 5.74) is 0.902. The number of aryl methyl sites for hydroxylation is 1. The molecule has 9 nitrogen and oxygen atoms in total. The molecule has 1 amide bonds. The Morgan fingerprint density at radius 2 is 1.73 bits per heavy atom. The number of nitro benzene ring substituents is 1. The van der Waals surface area contributed by atoms with Gasteiger partial charge in [-0.2, -0.15) is 4.31 Å². The normalized spacial score (nSPS) is 16.7. The first-order valence-electron chi connectivity index (χ1n) is 9.55. The van der Waals surface area contributed by atoms with Gasteiger partial charge in [0.1, 0.15) is 0 Å². The van der Waals surface area contributed by atoms with E-state index in [4.69, 9.17) is 0 Å². The molecule has 1 heterocycles. The van der Waals surface area contributed by atoms with E-state index >= 15 is 0 Å². The molecule has 3 rings (SSSR count). The second-order valence-electron chi connectivity index (χ2n) is 7.18. The third-order valence-electron chi connectivity index (χ3n) is 5.24. The predicted octanol–water partition coefficient (Wildman–Crippen LogP) is 2.24. The van der Waals surface area contributed by atoms with Gasteiger partial charge in [0.2, 0.25) is 15.9 Å². The van der Waals surface area contributed by atoms with Crippen LogP contribution in [0.1, 0.15) is 12.5 Å². The third-order valence-corrected chi connectivity index (χ3v) is 7.28. The van der Waals surface area contributed by atoms with E-state index in [1.807, 2.05) is 23.1 Å². The number of para-hydroxylation sites is 1. The van der Waals surface area contributed by atoms with Gasteiger partial charge in [0.05, 0.1) is 15.9 Å². The fraction of sp³-hybridized carbons (Fsp3) is 0.350. The van der Waals surface area contributed by atoms with Crippen LogP contribution in [-0.2, 0) is 14.8 Å². The van der Waals surface area contributed by atoms with E-state index in [9.17, 15) is 23.3 Å². The van der Waals surface area contributed by atoms with Crippen molar-refractivity contribution < 1.29 is 18.1 Å². The van der Waals surface area contributed by atoms with E-state index in [2.05, 4.69) is 5.32 Å². The molecule has 0 bridgehead atoms. The maximum absolute atomic E-state index is 13.0. The zero-order valence-electron chi connectivity index (χ0n) is 16.8. The molecule has 2 aromatic carbocycles. The Morgan fingerprint density at radius 3 is 2.33 bits per heavy atom. The summed E-state index contributed by atoms with van der Waals surface area (Å²) in [6.45, 7) is 4.57. The number of anilines is 1. The van der Waals surface area contributed by atoms with E-state index in [0.29, 0.717) is 24.3 Å². The van der Waals surface area contributed by atoms with E-state index < -0.39 is 21.0 Å². The summed E-state index contributed by atoms with van der Waals surface area (Å²) >= 11 is 0. The molecule has 10 heteroatoms. The molecule has 0 saturated carbocycles. The smallest absolute Gasteiger partial charge is 0.270 e. The number of non-ortho nitro benzene ring substituents is 1. The molecule has 1 unspecified atom stereocenters. The lowest BCUT2D eigenvalue weighted by Crippen LogP contribution is -2.54. The molecule has 2 aromatic rings. The second kappa shape index (κ2) is 8.90. The highest BCUT2D eigenvalue weighted by Gasteiger charge is 2.33. The number of nitrogens with one attached hydrogen (secondary N) is 1. The topological polar surface area (TPSA) is 113 Å². The number of nitro groups is 1. The van der Waals surface area contributed by atoms with Gasteiger partial charge in [-0.3, -0.25) is 19.8 Å².